The monoisotopic (exact) mass is 379 g/mol. The van der Waals surface area contributed by atoms with Gasteiger partial charge < -0.3 is 26.2 Å². The van der Waals surface area contributed by atoms with Crippen molar-refractivity contribution in [2.24, 2.45) is 0 Å². The highest BCUT2D eigenvalue weighted by Gasteiger charge is 2.14. The standard InChI is InChI=1S/C18H38NO2.BrH/c1-5-6-7-8-9-10-11-12-13-14-15-19(3,4)16-17-21-18(2)20;/h5-17H2,1-4H3;1H/q+1;/p-1. The molecule has 0 bridgehead atoms. The van der Waals surface area contributed by atoms with Crippen LogP contribution >= 0.6 is 0 Å². The third kappa shape index (κ3) is 18.0. The van der Waals surface area contributed by atoms with Crippen LogP contribution in [-0.4, -0.2) is 44.2 Å². The topological polar surface area (TPSA) is 26.3 Å². The molecule has 0 saturated heterocycles. The maximum Gasteiger partial charge on any atom is 0.302 e. The van der Waals surface area contributed by atoms with Gasteiger partial charge in [0.2, 0.25) is 0 Å². The molecule has 0 fully saturated rings. The molecular weight excluding hydrogens is 342 g/mol. The summed E-state index contributed by atoms with van der Waals surface area (Å²) in [6.45, 7) is 6.38. The number of quaternary nitrogens is 1. The zero-order valence-corrected chi connectivity index (χ0v) is 16.9. The number of ether oxygens (including phenoxy) is 1. The number of hydrogen-bond donors (Lipinski definition) is 0. The molecule has 0 aromatic carbocycles. The van der Waals surface area contributed by atoms with Gasteiger partial charge in [0, 0.05) is 6.92 Å². The van der Waals surface area contributed by atoms with Gasteiger partial charge in [-0.1, -0.05) is 58.3 Å². The molecule has 0 saturated carbocycles. The van der Waals surface area contributed by atoms with E-state index in [2.05, 4.69) is 21.0 Å². The van der Waals surface area contributed by atoms with E-state index in [1.807, 2.05) is 0 Å². The summed E-state index contributed by atoms with van der Waals surface area (Å²) in [5, 5.41) is 0. The number of rotatable bonds is 14. The van der Waals surface area contributed by atoms with E-state index in [1.165, 1.54) is 77.7 Å². The molecular formula is C18H38BrNO2. The van der Waals surface area contributed by atoms with Gasteiger partial charge in [-0.3, -0.25) is 4.79 Å². The van der Waals surface area contributed by atoms with E-state index in [1.54, 1.807) is 0 Å². The molecule has 0 unspecified atom stereocenters. The van der Waals surface area contributed by atoms with Crippen LogP contribution in [-0.2, 0) is 9.53 Å². The Balaban J connectivity index is 0. The minimum atomic E-state index is -0.172. The first-order chi connectivity index (χ1) is 9.98. The number of carbonyl (C=O) groups is 1. The van der Waals surface area contributed by atoms with Gasteiger partial charge in [0.1, 0.15) is 13.2 Å². The summed E-state index contributed by atoms with van der Waals surface area (Å²) in [4.78, 5) is 10.7. The second kappa shape index (κ2) is 15.8. The first-order valence-electron chi connectivity index (χ1n) is 8.93. The third-order valence-electron chi connectivity index (χ3n) is 4.12. The maximum atomic E-state index is 10.7. The van der Waals surface area contributed by atoms with Crippen molar-refractivity contribution in [3.63, 3.8) is 0 Å². The summed E-state index contributed by atoms with van der Waals surface area (Å²) in [6.07, 6.45) is 13.8. The van der Waals surface area contributed by atoms with Gasteiger partial charge in [-0.2, -0.15) is 0 Å². The number of esters is 1. The Morgan fingerprint density at radius 3 is 1.73 bits per heavy atom. The van der Waals surface area contributed by atoms with Gasteiger partial charge in [0.25, 0.3) is 0 Å². The van der Waals surface area contributed by atoms with Crippen LogP contribution in [0, 0.1) is 0 Å². The van der Waals surface area contributed by atoms with E-state index in [9.17, 15) is 4.79 Å². The quantitative estimate of drug-likeness (QED) is 0.260. The smallest absolute Gasteiger partial charge is 0.302 e. The van der Waals surface area contributed by atoms with Crippen LogP contribution in [0.3, 0.4) is 0 Å². The lowest BCUT2D eigenvalue weighted by molar-refractivity contribution is -0.890. The molecule has 0 aliphatic carbocycles. The molecule has 0 amide bonds. The fraction of sp³-hybridized carbons (Fsp3) is 0.944. The summed E-state index contributed by atoms with van der Waals surface area (Å²) in [5.41, 5.74) is 0. The van der Waals surface area contributed by atoms with Crippen LogP contribution in [0.5, 0.6) is 0 Å². The first-order valence-corrected chi connectivity index (χ1v) is 8.93. The number of likely N-dealkylation sites (N-methyl/N-ethyl adjacent to an activating group) is 1. The second-order valence-corrected chi connectivity index (χ2v) is 6.90. The predicted octanol–water partition coefficient (Wildman–Crippen LogP) is 1.55. The second-order valence-electron chi connectivity index (χ2n) is 6.90. The van der Waals surface area contributed by atoms with E-state index in [0.29, 0.717) is 6.61 Å². The molecule has 0 aromatic heterocycles. The van der Waals surface area contributed by atoms with Gasteiger partial charge >= 0.3 is 5.97 Å². The SMILES string of the molecule is CCCCCCCCCCCC[N+](C)(C)CCOC(C)=O.[Br-]. The first kappa shape index (κ1) is 24.2. The Bertz CT molecular complexity index is 257. The summed E-state index contributed by atoms with van der Waals surface area (Å²) in [5.74, 6) is -0.172. The van der Waals surface area contributed by atoms with Crippen LogP contribution in [0.1, 0.15) is 78.1 Å². The normalized spacial score (nSPS) is 11.1. The van der Waals surface area contributed by atoms with Gasteiger partial charge in [-0.15, -0.1) is 0 Å². The Kier molecular flexibility index (Phi) is 17.3. The maximum absolute atomic E-state index is 10.7. The largest absolute Gasteiger partial charge is 1.00 e. The van der Waals surface area contributed by atoms with E-state index < -0.39 is 0 Å². The zero-order valence-electron chi connectivity index (χ0n) is 15.3. The lowest BCUT2D eigenvalue weighted by Gasteiger charge is -2.29. The van der Waals surface area contributed by atoms with Crippen LogP contribution in [0.25, 0.3) is 0 Å². The van der Waals surface area contributed by atoms with Crippen LogP contribution in [0.4, 0.5) is 0 Å². The van der Waals surface area contributed by atoms with Crippen molar-refractivity contribution >= 4 is 5.97 Å². The van der Waals surface area contributed by atoms with Crippen molar-refractivity contribution in [1.82, 2.24) is 0 Å². The van der Waals surface area contributed by atoms with Gasteiger partial charge in [0.15, 0.2) is 0 Å². The third-order valence-corrected chi connectivity index (χ3v) is 4.12. The lowest BCUT2D eigenvalue weighted by atomic mass is 10.1. The van der Waals surface area contributed by atoms with Crippen molar-refractivity contribution in [2.45, 2.75) is 78.1 Å². The average molecular weight is 380 g/mol. The zero-order chi connectivity index (χ0) is 16.0. The lowest BCUT2D eigenvalue weighted by Crippen LogP contribution is -3.00. The van der Waals surface area contributed by atoms with Gasteiger partial charge in [-0.05, 0) is 12.8 Å². The van der Waals surface area contributed by atoms with Crippen LogP contribution in [0.2, 0.25) is 0 Å². The minimum Gasteiger partial charge on any atom is -1.00 e. The molecule has 0 atom stereocenters. The Morgan fingerprint density at radius 2 is 1.27 bits per heavy atom. The van der Waals surface area contributed by atoms with Crippen LogP contribution < -0.4 is 17.0 Å². The van der Waals surface area contributed by atoms with Crippen molar-refractivity contribution in [1.29, 1.82) is 0 Å². The Labute approximate surface area is 149 Å². The Morgan fingerprint density at radius 1 is 0.818 bits per heavy atom. The van der Waals surface area contributed by atoms with Crippen LogP contribution in [0.15, 0.2) is 0 Å². The molecule has 0 aromatic rings. The number of nitrogens with zero attached hydrogens (tertiary/aromatic N) is 1. The molecule has 0 rings (SSSR count). The highest BCUT2D eigenvalue weighted by molar-refractivity contribution is 5.65. The molecule has 0 radical (unpaired) electrons. The fourth-order valence-electron chi connectivity index (χ4n) is 2.58. The summed E-state index contributed by atoms with van der Waals surface area (Å²) < 4.78 is 5.97. The summed E-state index contributed by atoms with van der Waals surface area (Å²) >= 11 is 0. The average Bonchev–Trinajstić information content (AvgIpc) is 2.40. The predicted molar refractivity (Wildman–Crippen MR) is 90.3 cm³/mol. The number of unbranched alkanes of at least 4 members (excludes halogenated alkanes) is 9. The van der Waals surface area contributed by atoms with Crippen molar-refractivity contribution in [3.8, 4) is 0 Å². The van der Waals surface area contributed by atoms with E-state index >= 15 is 0 Å². The Hall–Kier alpha value is -0.0900. The molecule has 0 N–H and O–H groups in total. The van der Waals surface area contributed by atoms with E-state index in [-0.39, 0.29) is 23.0 Å². The molecule has 0 aliphatic rings. The molecule has 0 aliphatic heterocycles. The highest BCUT2D eigenvalue weighted by Crippen LogP contribution is 2.11. The number of halogens is 1. The molecule has 134 valence electrons. The summed E-state index contributed by atoms with van der Waals surface area (Å²) in [6, 6.07) is 0. The van der Waals surface area contributed by atoms with Crippen molar-refractivity contribution in [3.05, 3.63) is 0 Å². The van der Waals surface area contributed by atoms with Crippen molar-refractivity contribution in [2.75, 3.05) is 33.8 Å². The minimum absolute atomic E-state index is 0. The van der Waals surface area contributed by atoms with Crippen molar-refractivity contribution < 1.29 is 31.0 Å². The molecule has 4 heteroatoms. The van der Waals surface area contributed by atoms with Gasteiger partial charge in [-0.25, -0.2) is 0 Å². The molecule has 22 heavy (non-hydrogen) atoms. The van der Waals surface area contributed by atoms with E-state index in [0.717, 1.165) is 11.0 Å². The van der Waals surface area contributed by atoms with Gasteiger partial charge in [0.05, 0.1) is 20.6 Å². The summed E-state index contributed by atoms with van der Waals surface area (Å²) in [7, 11) is 4.44. The van der Waals surface area contributed by atoms with E-state index in [4.69, 9.17) is 4.74 Å². The molecule has 3 nitrogen and oxygen atoms in total. The number of hydrogen-bond acceptors (Lipinski definition) is 2. The number of carbonyl (C=O) groups excluding carboxylic acids is 1. The molecule has 0 heterocycles. The molecule has 0 spiro atoms. The fourth-order valence-corrected chi connectivity index (χ4v) is 2.58. The highest BCUT2D eigenvalue weighted by atomic mass is 79.9.